The molecule has 6 nitrogen and oxygen atoms in total. The maximum Gasteiger partial charge on any atom is 0.253 e. The first-order valence-electron chi connectivity index (χ1n) is 9.18. The molecule has 0 aromatic carbocycles. The Morgan fingerprint density at radius 3 is 2.76 bits per heavy atom. The van der Waals surface area contributed by atoms with Crippen molar-refractivity contribution in [1.29, 1.82) is 0 Å². The van der Waals surface area contributed by atoms with Crippen LogP contribution in [0.3, 0.4) is 0 Å². The molecule has 0 bridgehead atoms. The van der Waals surface area contributed by atoms with Crippen LogP contribution < -0.4 is 5.32 Å². The second-order valence-corrected chi connectivity index (χ2v) is 7.51. The number of carbonyl (C=O) groups is 1. The van der Waals surface area contributed by atoms with E-state index in [1.54, 1.807) is 0 Å². The van der Waals surface area contributed by atoms with Crippen molar-refractivity contribution < 1.29 is 9.32 Å². The van der Waals surface area contributed by atoms with E-state index in [4.69, 9.17) is 4.52 Å². The lowest BCUT2D eigenvalue weighted by atomic mass is 10.1. The number of rotatable bonds is 5. The van der Waals surface area contributed by atoms with Crippen LogP contribution in [0.2, 0.25) is 0 Å². The third kappa shape index (κ3) is 3.23. The molecule has 4 rings (SSSR count). The first-order valence-corrected chi connectivity index (χ1v) is 9.18. The van der Waals surface area contributed by atoms with E-state index in [0.29, 0.717) is 5.92 Å². The molecule has 1 unspecified atom stereocenters. The highest BCUT2D eigenvalue weighted by Crippen LogP contribution is 2.31. The topological polar surface area (TPSA) is 63.3 Å². The summed E-state index contributed by atoms with van der Waals surface area (Å²) in [6, 6.07) is 4.64. The minimum atomic E-state index is 0.00411. The summed E-state index contributed by atoms with van der Waals surface area (Å²) in [6.07, 6.45) is 3.90. The lowest BCUT2D eigenvalue weighted by Gasteiger charge is -2.15. The van der Waals surface area contributed by atoms with Gasteiger partial charge in [-0.1, -0.05) is 5.16 Å². The molecular weight excluding hydrogens is 316 g/mol. The number of amides is 1. The van der Waals surface area contributed by atoms with Gasteiger partial charge in [0.05, 0.1) is 5.56 Å². The standard InChI is InChI=1S/C19H26N4O2/c1-12-8-17(14(3)23(12)18-9-13(2)25-21-18)19(24)20-10-15-6-7-22(11-15)16-4-5-16/h8-9,15-16H,4-7,10-11H2,1-3H3,(H,20,24). The Balaban J connectivity index is 1.42. The zero-order valence-corrected chi connectivity index (χ0v) is 15.2. The van der Waals surface area contributed by atoms with Crippen molar-refractivity contribution in [1.82, 2.24) is 19.9 Å². The number of carbonyl (C=O) groups excluding carboxylic acids is 1. The first kappa shape index (κ1) is 16.4. The molecule has 1 atom stereocenters. The SMILES string of the molecule is Cc1cc(-n2c(C)cc(C(=O)NCC3CCN(C4CC4)C3)c2C)no1. The van der Waals surface area contributed by atoms with Crippen molar-refractivity contribution in [2.24, 2.45) is 5.92 Å². The van der Waals surface area contributed by atoms with Crippen molar-refractivity contribution in [3.8, 4) is 5.82 Å². The molecule has 6 heteroatoms. The molecule has 1 saturated carbocycles. The minimum absolute atomic E-state index is 0.00411. The Morgan fingerprint density at radius 1 is 1.28 bits per heavy atom. The minimum Gasteiger partial charge on any atom is -0.360 e. The Bertz CT molecular complexity index is 787. The Labute approximate surface area is 148 Å². The van der Waals surface area contributed by atoms with Crippen LogP contribution in [0.25, 0.3) is 5.82 Å². The van der Waals surface area contributed by atoms with Crippen LogP contribution in [0.5, 0.6) is 0 Å². The normalized spacial score (nSPS) is 21.0. The van der Waals surface area contributed by atoms with Gasteiger partial charge in [0.1, 0.15) is 5.76 Å². The molecule has 3 heterocycles. The Kier molecular flexibility index (Phi) is 4.15. The van der Waals surface area contributed by atoms with Gasteiger partial charge in [-0.25, -0.2) is 0 Å². The maximum atomic E-state index is 12.7. The fourth-order valence-corrected chi connectivity index (χ4v) is 3.94. The van der Waals surface area contributed by atoms with Crippen LogP contribution in [0, 0.1) is 26.7 Å². The number of likely N-dealkylation sites (tertiary alicyclic amines) is 1. The van der Waals surface area contributed by atoms with E-state index in [1.807, 2.05) is 37.5 Å². The predicted octanol–water partition coefficient (Wildman–Crippen LogP) is 2.60. The number of hydrogen-bond donors (Lipinski definition) is 1. The van der Waals surface area contributed by atoms with Gasteiger partial charge in [0.25, 0.3) is 5.91 Å². The number of hydrogen-bond acceptors (Lipinski definition) is 4. The summed E-state index contributed by atoms with van der Waals surface area (Å²) in [5.41, 5.74) is 2.60. The van der Waals surface area contributed by atoms with Crippen LogP contribution >= 0.6 is 0 Å². The molecule has 1 aliphatic carbocycles. The third-order valence-corrected chi connectivity index (χ3v) is 5.45. The van der Waals surface area contributed by atoms with Gasteiger partial charge in [-0.2, -0.15) is 0 Å². The second-order valence-electron chi connectivity index (χ2n) is 7.51. The zero-order chi connectivity index (χ0) is 17.6. The van der Waals surface area contributed by atoms with E-state index in [-0.39, 0.29) is 5.91 Å². The molecule has 1 N–H and O–H groups in total. The van der Waals surface area contributed by atoms with Gasteiger partial charge >= 0.3 is 0 Å². The van der Waals surface area contributed by atoms with E-state index >= 15 is 0 Å². The average molecular weight is 342 g/mol. The van der Waals surface area contributed by atoms with Gasteiger partial charge in [-0.3, -0.25) is 9.36 Å². The number of nitrogens with one attached hydrogen (secondary N) is 1. The highest BCUT2D eigenvalue weighted by atomic mass is 16.5. The monoisotopic (exact) mass is 342 g/mol. The molecule has 25 heavy (non-hydrogen) atoms. The van der Waals surface area contributed by atoms with Gasteiger partial charge < -0.3 is 14.7 Å². The van der Waals surface area contributed by atoms with E-state index in [0.717, 1.165) is 47.7 Å². The van der Waals surface area contributed by atoms with Crippen molar-refractivity contribution >= 4 is 5.91 Å². The smallest absolute Gasteiger partial charge is 0.253 e. The summed E-state index contributed by atoms with van der Waals surface area (Å²) in [5, 5.41) is 7.21. The molecular formula is C19H26N4O2. The van der Waals surface area contributed by atoms with Gasteiger partial charge in [-0.15, -0.1) is 0 Å². The Hall–Kier alpha value is -2.08. The molecule has 1 amide bonds. The third-order valence-electron chi connectivity index (χ3n) is 5.45. The second kappa shape index (κ2) is 6.33. The molecule has 134 valence electrons. The summed E-state index contributed by atoms with van der Waals surface area (Å²) < 4.78 is 7.14. The lowest BCUT2D eigenvalue weighted by molar-refractivity contribution is 0.0946. The van der Waals surface area contributed by atoms with Crippen LogP contribution in [0.15, 0.2) is 16.7 Å². The van der Waals surface area contributed by atoms with Crippen LogP contribution in [0.4, 0.5) is 0 Å². The lowest BCUT2D eigenvalue weighted by Crippen LogP contribution is -2.31. The van der Waals surface area contributed by atoms with E-state index in [1.165, 1.54) is 25.8 Å². The van der Waals surface area contributed by atoms with Gasteiger partial charge in [0.2, 0.25) is 0 Å². The summed E-state index contributed by atoms with van der Waals surface area (Å²) in [6.45, 7) is 8.88. The molecule has 0 spiro atoms. The highest BCUT2D eigenvalue weighted by molar-refractivity contribution is 5.95. The van der Waals surface area contributed by atoms with Crippen LogP contribution in [-0.2, 0) is 0 Å². The van der Waals surface area contributed by atoms with Crippen LogP contribution in [0.1, 0.15) is 46.8 Å². The molecule has 0 radical (unpaired) electrons. The molecule has 1 aliphatic heterocycles. The maximum absolute atomic E-state index is 12.7. The largest absolute Gasteiger partial charge is 0.360 e. The first-order chi connectivity index (χ1) is 12.0. The zero-order valence-electron chi connectivity index (χ0n) is 15.2. The van der Waals surface area contributed by atoms with Crippen molar-refractivity contribution in [2.45, 2.75) is 46.1 Å². The summed E-state index contributed by atoms with van der Waals surface area (Å²) in [7, 11) is 0. The fraction of sp³-hybridized carbons (Fsp3) is 0.579. The van der Waals surface area contributed by atoms with E-state index in [9.17, 15) is 4.79 Å². The number of nitrogens with zero attached hydrogens (tertiary/aromatic N) is 3. The van der Waals surface area contributed by atoms with E-state index in [2.05, 4.69) is 15.4 Å². The molecule has 2 aromatic heterocycles. The molecule has 1 saturated heterocycles. The highest BCUT2D eigenvalue weighted by Gasteiger charge is 2.34. The summed E-state index contributed by atoms with van der Waals surface area (Å²) >= 11 is 0. The van der Waals surface area contributed by atoms with Gasteiger partial charge in [0.15, 0.2) is 5.82 Å². The Morgan fingerprint density at radius 2 is 2.08 bits per heavy atom. The van der Waals surface area contributed by atoms with Crippen molar-refractivity contribution in [3.63, 3.8) is 0 Å². The van der Waals surface area contributed by atoms with Crippen molar-refractivity contribution in [2.75, 3.05) is 19.6 Å². The summed E-state index contributed by atoms with van der Waals surface area (Å²) in [4.78, 5) is 15.2. The molecule has 2 aromatic rings. The van der Waals surface area contributed by atoms with E-state index < -0.39 is 0 Å². The van der Waals surface area contributed by atoms with Gasteiger partial charge in [-0.05, 0) is 58.6 Å². The number of aromatic nitrogens is 2. The average Bonchev–Trinajstić information content (AvgIpc) is 3.04. The number of aryl methyl sites for hydroxylation is 2. The summed E-state index contributed by atoms with van der Waals surface area (Å²) in [5.74, 6) is 2.06. The predicted molar refractivity (Wildman–Crippen MR) is 95.1 cm³/mol. The fourth-order valence-electron chi connectivity index (χ4n) is 3.94. The van der Waals surface area contributed by atoms with Crippen molar-refractivity contribution in [3.05, 3.63) is 34.8 Å². The quantitative estimate of drug-likeness (QED) is 0.907. The van der Waals surface area contributed by atoms with Gasteiger partial charge in [0, 0.05) is 36.6 Å². The molecule has 2 fully saturated rings. The van der Waals surface area contributed by atoms with Crippen LogP contribution in [-0.4, -0.2) is 46.2 Å². The molecule has 2 aliphatic rings.